The van der Waals surface area contributed by atoms with Crippen LogP contribution in [0.15, 0.2) is 64.3 Å². The number of carboxylic acid groups (broad SMARTS) is 1. The number of carboxylic acids is 1. The molecule has 1 aliphatic carbocycles. The number of hydrogen-bond donors (Lipinski definition) is 1. The van der Waals surface area contributed by atoms with E-state index in [0.717, 1.165) is 6.42 Å². The molecule has 4 heteroatoms. The Balaban J connectivity index is 1.84. The molecule has 1 fully saturated rings. The molecule has 0 spiro atoms. The van der Waals surface area contributed by atoms with Crippen molar-refractivity contribution in [3.63, 3.8) is 0 Å². The summed E-state index contributed by atoms with van der Waals surface area (Å²) in [6, 6.07) is 12.7. The van der Waals surface area contributed by atoms with Crippen LogP contribution in [-0.2, 0) is 6.42 Å². The number of benzene rings is 2. The van der Waals surface area contributed by atoms with Crippen LogP contribution in [0.4, 0.5) is 0 Å². The maximum Gasteiger partial charge on any atom is 0.335 e. The highest BCUT2D eigenvalue weighted by atomic mass is 16.4. The number of carbonyl (C=O) groups is 1. The van der Waals surface area contributed by atoms with Gasteiger partial charge in [-0.05, 0) is 55.0 Å². The quantitative estimate of drug-likeness (QED) is 0.664. The lowest BCUT2D eigenvalue weighted by Gasteiger charge is -2.10. The maximum absolute atomic E-state index is 13.1. The highest BCUT2D eigenvalue weighted by molar-refractivity contribution is 5.92. The Morgan fingerprint density at radius 1 is 1.26 bits per heavy atom. The molecule has 3 aromatic rings. The molecule has 0 radical (unpaired) electrons. The van der Waals surface area contributed by atoms with Crippen LogP contribution in [-0.4, -0.2) is 11.1 Å². The standard InChI is InChI=1S/C23H20O4/c1-3-6-16-21(24)19-11-14(23(25)26)9-10-20(19)27-22(16)18-12-17(18)15-8-5-4-7-13(15)2/h3-5,7-11,17-18H,1,6,12H2,2H3,(H,25,26). The van der Waals surface area contributed by atoms with Crippen molar-refractivity contribution < 1.29 is 14.3 Å². The minimum Gasteiger partial charge on any atom is -0.478 e. The monoisotopic (exact) mass is 360 g/mol. The molecule has 0 aliphatic heterocycles. The van der Waals surface area contributed by atoms with E-state index in [1.165, 1.54) is 23.3 Å². The van der Waals surface area contributed by atoms with Gasteiger partial charge < -0.3 is 9.52 Å². The van der Waals surface area contributed by atoms with Crippen molar-refractivity contribution in [2.75, 3.05) is 0 Å². The van der Waals surface area contributed by atoms with Gasteiger partial charge >= 0.3 is 5.97 Å². The summed E-state index contributed by atoms with van der Waals surface area (Å²) in [6.45, 7) is 5.86. The van der Waals surface area contributed by atoms with E-state index >= 15 is 0 Å². The molecule has 2 unspecified atom stereocenters. The molecule has 136 valence electrons. The predicted molar refractivity (Wildman–Crippen MR) is 105 cm³/mol. The summed E-state index contributed by atoms with van der Waals surface area (Å²) < 4.78 is 6.14. The summed E-state index contributed by atoms with van der Waals surface area (Å²) >= 11 is 0. The van der Waals surface area contributed by atoms with Crippen LogP contribution < -0.4 is 5.43 Å². The van der Waals surface area contributed by atoms with E-state index in [9.17, 15) is 14.7 Å². The molecule has 0 bridgehead atoms. The molecular weight excluding hydrogens is 340 g/mol. The molecule has 1 saturated carbocycles. The Morgan fingerprint density at radius 3 is 2.74 bits per heavy atom. The largest absolute Gasteiger partial charge is 0.478 e. The normalized spacial score (nSPS) is 18.4. The molecule has 1 aliphatic rings. The van der Waals surface area contributed by atoms with Crippen LogP contribution in [0.1, 0.15) is 51.1 Å². The lowest BCUT2D eigenvalue weighted by atomic mass is 9.99. The van der Waals surface area contributed by atoms with E-state index in [-0.39, 0.29) is 16.9 Å². The second-order valence-electron chi connectivity index (χ2n) is 7.09. The molecule has 2 aromatic carbocycles. The zero-order valence-electron chi connectivity index (χ0n) is 15.1. The lowest BCUT2D eigenvalue weighted by molar-refractivity contribution is 0.0697. The zero-order chi connectivity index (χ0) is 19.1. The minimum atomic E-state index is -1.06. The number of hydrogen-bond acceptors (Lipinski definition) is 3. The Kier molecular flexibility index (Phi) is 4.19. The molecule has 1 N–H and O–H groups in total. The summed E-state index contributed by atoms with van der Waals surface area (Å²) in [5.41, 5.74) is 3.46. The SMILES string of the molecule is C=CCc1c(C2CC2c2ccccc2C)oc2ccc(C(=O)O)cc2c1=O. The van der Waals surface area contributed by atoms with Crippen molar-refractivity contribution in [3.05, 3.63) is 93.4 Å². The fourth-order valence-electron chi connectivity index (χ4n) is 3.85. The van der Waals surface area contributed by atoms with Gasteiger partial charge in [0.25, 0.3) is 0 Å². The van der Waals surface area contributed by atoms with Crippen molar-refractivity contribution in [3.8, 4) is 0 Å². The minimum absolute atomic E-state index is 0.0799. The topological polar surface area (TPSA) is 67.5 Å². The number of allylic oxidation sites excluding steroid dienone is 1. The van der Waals surface area contributed by atoms with Gasteiger partial charge in [0.15, 0.2) is 5.43 Å². The highest BCUT2D eigenvalue weighted by Crippen LogP contribution is 2.56. The van der Waals surface area contributed by atoms with Gasteiger partial charge in [-0.15, -0.1) is 6.58 Å². The predicted octanol–water partition coefficient (Wildman–Crippen LogP) is 4.80. The van der Waals surface area contributed by atoms with E-state index in [1.807, 2.05) is 12.1 Å². The van der Waals surface area contributed by atoms with Crippen LogP contribution in [0.3, 0.4) is 0 Å². The number of aromatic carboxylic acids is 1. The molecule has 1 heterocycles. The van der Waals surface area contributed by atoms with Crippen molar-refractivity contribution in [2.45, 2.75) is 31.6 Å². The van der Waals surface area contributed by atoms with E-state index < -0.39 is 5.97 Å². The first-order valence-electron chi connectivity index (χ1n) is 9.00. The van der Waals surface area contributed by atoms with E-state index in [2.05, 4.69) is 25.6 Å². The number of fused-ring (bicyclic) bond motifs is 1. The van der Waals surface area contributed by atoms with Gasteiger partial charge in [0.1, 0.15) is 11.3 Å². The van der Waals surface area contributed by atoms with E-state index in [1.54, 1.807) is 12.1 Å². The second-order valence-corrected chi connectivity index (χ2v) is 7.09. The molecule has 4 rings (SSSR count). The summed E-state index contributed by atoms with van der Waals surface area (Å²) in [7, 11) is 0. The summed E-state index contributed by atoms with van der Waals surface area (Å²) in [5.74, 6) is 0.155. The fraction of sp³-hybridized carbons (Fsp3) is 0.217. The Hall–Kier alpha value is -3.14. The van der Waals surface area contributed by atoms with Crippen LogP contribution in [0.2, 0.25) is 0 Å². The third-order valence-corrected chi connectivity index (χ3v) is 5.33. The van der Waals surface area contributed by atoms with Crippen LogP contribution in [0.5, 0.6) is 0 Å². The van der Waals surface area contributed by atoms with Crippen LogP contribution in [0.25, 0.3) is 11.0 Å². The van der Waals surface area contributed by atoms with Gasteiger partial charge in [-0.1, -0.05) is 30.3 Å². The molecule has 27 heavy (non-hydrogen) atoms. The lowest BCUT2D eigenvalue weighted by Crippen LogP contribution is -2.13. The smallest absolute Gasteiger partial charge is 0.335 e. The number of aryl methyl sites for hydroxylation is 1. The van der Waals surface area contributed by atoms with Gasteiger partial charge in [0, 0.05) is 11.5 Å². The van der Waals surface area contributed by atoms with Gasteiger partial charge in [0.05, 0.1) is 10.9 Å². The molecule has 0 saturated heterocycles. The first-order chi connectivity index (χ1) is 13.0. The first-order valence-corrected chi connectivity index (χ1v) is 9.00. The first kappa shape index (κ1) is 17.3. The maximum atomic E-state index is 13.1. The summed E-state index contributed by atoms with van der Waals surface area (Å²) in [5, 5.41) is 9.51. The third kappa shape index (κ3) is 2.97. The summed E-state index contributed by atoms with van der Waals surface area (Å²) in [6.07, 6.45) is 3.03. The third-order valence-electron chi connectivity index (χ3n) is 5.33. The van der Waals surface area contributed by atoms with Crippen LogP contribution in [0, 0.1) is 6.92 Å². The fourth-order valence-corrected chi connectivity index (χ4v) is 3.85. The summed E-state index contributed by atoms with van der Waals surface area (Å²) in [4.78, 5) is 24.3. The van der Waals surface area contributed by atoms with Gasteiger partial charge in [0.2, 0.25) is 0 Å². The van der Waals surface area contributed by atoms with Crippen molar-refractivity contribution in [1.29, 1.82) is 0 Å². The van der Waals surface area contributed by atoms with Crippen molar-refractivity contribution in [2.24, 2.45) is 0 Å². The molecule has 4 nitrogen and oxygen atoms in total. The van der Waals surface area contributed by atoms with Gasteiger partial charge in [-0.25, -0.2) is 4.79 Å². The highest BCUT2D eigenvalue weighted by Gasteiger charge is 2.43. The Bertz CT molecular complexity index is 1120. The average molecular weight is 360 g/mol. The van der Waals surface area contributed by atoms with Crippen molar-refractivity contribution in [1.82, 2.24) is 0 Å². The average Bonchev–Trinajstić information content (AvgIpc) is 3.44. The second kappa shape index (κ2) is 6.54. The Morgan fingerprint density at radius 2 is 2.04 bits per heavy atom. The number of rotatable bonds is 5. The van der Waals surface area contributed by atoms with Crippen molar-refractivity contribution >= 4 is 16.9 Å². The van der Waals surface area contributed by atoms with Gasteiger partial charge in [-0.3, -0.25) is 4.79 Å². The molecule has 0 amide bonds. The Labute approximate surface area is 156 Å². The van der Waals surface area contributed by atoms with Crippen LogP contribution >= 0.6 is 0 Å². The van der Waals surface area contributed by atoms with E-state index in [0.29, 0.717) is 34.6 Å². The van der Waals surface area contributed by atoms with Gasteiger partial charge in [-0.2, -0.15) is 0 Å². The molecule has 2 atom stereocenters. The molecule has 1 aromatic heterocycles. The molecular formula is C23H20O4. The van der Waals surface area contributed by atoms with E-state index in [4.69, 9.17) is 4.42 Å². The zero-order valence-corrected chi connectivity index (χ0v) is 15.1.